The molecule has 1 aliphatic carbocycles. The first kappa shape index (κ1) is 22.0. The summed E-state index contributed by atoms with van der Waals surface area (Å²) in [4.78, 5) is 11.9. The zero-order chi connectivity index (χ0) is 22.4. The summed E-state index contributed by atoms with van der Waals surface area (Å²) in [5.41, 5.74) is 5.09. The van der Waals surface area contributed by atoms with Crippen molar-refractivity contribution in [1.29, 1.82) is 0 Å². The van der Waals surface area contributed by atoms with Gasteiger partial charge in [0.2, 0.25) is 0 Å². The SMILES string of the molecule is Cc1cc(I)cc2c1N[C@H](c1ccccc1)[C@@H]1C[C@H](Sc3ccccc3[N+](=O)[O-])[C@@H](Cl)[C@H]21. The summed E-state index contributed by atoms with van der Waals surface area (Å²) in [5.74, 6) is 0.497. The summed E-state index contributed by atoms with van der Waals surface area (Å²) in [6.07, 6.45) is 0.895. The molecule has 0 radical (unpaired) electrons. The summed E-state index contributed by atoms with van der Waals surface area (Å²) in [7, 11) is 0. The monoisotopic (exact) mass is 576 g/mol. The van der Waals surface area contributed by atoms with Crippen LogP contribution < -0.4 is 5.32 Å². The number of para-hydroxylation sites is 1. The Kier molecular flexibility index (Phi) is 6.11. The third kappa shape index (κ3) is 3.90. The molecule has 1 aliphatic heterocycles. The normalized spacial score (nSPS) is 26.2. The number of rotatable bonds is 4. The predicted octanol–water partition coefficient (Wildman–Crippen LogP) is 7.55. The molecular weight excluding hydrogens is 555 g/mol. The number of hydrogen-bond donors (Lipinski definition) is 1. The fourth-order valence-corrected chi connectivity index (χ4v) is 7.97. The summed E-state index contributed by atoms with van der Waals surface area (Å²) >= 11 is 11.1. The lowest BCUT2D eigenvalue weighted by Gasteiger charge is -2.39. The van der Waals surface area contributed by atoms with Crippen molar-refractivity contribution in [2.45, 2.75) is 40.8 Å². The van der Waals surface area contributed by atoms with E-state index < -0.39 is 0 Å². The molecule has 7 heteroatoms. The maximum atomic E-state index is 11.6. The van der Waals surface area contributed by atoms with Crippen LogP contribution in [0.3, 0.4) is 0 Å². The van der Waals surface area contributed by atoms with Gasteiger partial charge in [0.15, 0.2) is 0 Å². The van der Waals surface area contributed by atoms with Crippen molar-refractivity contribution in [1.82, 2.24) is 0 Å². The van der Waals surface area contributed by atoms with Crippen LogP contribution in [0, 0.1) is 26.5 Å². The van der Waals surface area contributed by atoms with Crippen LogP contribution in [0.1, 0.15) is 35.1 Å². The Morgan fingerprint density at radius 1 is 1.12 bits per heavy atom. The van der Waals surface area contributed by atoms with Gasteiger partial charge in [-0.1, -0.05) is 42.5 Å². The van der Waals surface area contributed by atoms with Gasteiger partial charge in [-0.2, -0.15) is 0 Å². The number of halogens is 2. The molecule has 3 aromatic carbocycles. The molecule has 5 atom stereocenters. The number of hydrogen-bond acceptors (Lipinski definition) is 4. The lowest BCUT2D eigenvalue weighted by atomic mass is 9.76. The molecular formula is C25H22ClIN2O2S. The Morgan fingerprint density at radius 3 is 2.59 bits per heavy atom. The Hall–Kier alpha value is -1.77. The zero-order valence-corrected chi connectivity index (χ0v) is 21.1. The number of alkyl halides is 1. The standard InChI is InChI=1S/C25H22ClIN2O2S/c1-14-11-16(27)12-17-22-18(25(28-24(14)17)15-7-3-2-4-8-15)13-21(23(22)26)32-20-10-6-5-9-19(20)29(30)31/h2-12,18,21-23,25,28H,13H2,1H3/t18-,21+,22-,23-,25-/m1/s1. The van der Waals surface area contributed by atoms with Crippen LogP contribution in [0.4, 0.5) is 11.4 Å². The summed E-state index contributed by atoms with van der Waals surface area (Å²) in [5, 5.41) is 15.4. The van der Waals surface area contributed by atoms with Crippen LogP contribution in [-0.2, 0) is 0 Å². The first-order chi connectivity index (χ1) is 15.4. The first-order valence-corrected chi connectivity index (χ1v) is 13.0. The molecule has 1 N–H and O–H groups in total. The zero-order valence-electron chi connectivity index (χ0n) is 17.4. The molecule has 1 heterocycles. The van der Waals surface area contributed by atoms with Gasteiger partial charge in [0, 0.05) is 26.5 Å². The fourth-order valence-electron chi connectivity index (χ4n) is 5.22. The number of aryl methyl sites for hydroxylation is 1. The number of anilines is 1. The predicted molar refractivity (Wildman–Crippen MR) is 140 cm³/mol. The smallest absolute Gasteiger partial charge is 0.282 e. The molecule has 0 amide bonds. The van der Waals surface area contributed by atoms with E-state index in [9.17, 15) is 10.1 Å². The van der Waals surface area contributed by atoms with E-state index in [0.29, 0.717) is 10.8 Å². The van der Waals surface area contributed by atoms with E-state index >= 15 is 0 Å². The largest absolute Gasteiger partial charge is 0.377 e. The van der Waals surface area contributed by atoms with Crippen LogP contribution in [0.15, 0.2) is 71.6 Å². The molecule has 4 nitrogen and oxygen atoms in total. The Balaban J connectivity index is 1.56. The van der Waals surface area contributed by atoms with E-state index in [1.807, 2.05) is 18.2 Å². The summed E-state index contributed by atoms with van der Waals surface area (Å²) in [6.45, 7) is 2.15. The maximum Gasteiger partial charge on any atom is 0.282 e. The highest BCUT2D eigenvalue weighted by molar-refractivity contribution is 14.1. The molecule has 0 bridgehead atoms. The minimum absolute atomic E-state index is 0.0879. The number of thioether (sulfide) groups is 1. The molecule has 0 unspecified atom stereocenters. The van der Waals surface area contributed by atoms with Crippen molar-refractivity contribution in [3.8, 4) is 0 Å². The van der Waals surface area contributed by atoms with E-state index in [4.69, 9.17) is 11.6 Å². The van der Waals surface area contributed by atoms with Gasteiger partial charge in [0.25, 0.3) is 5.69 Å². The second-order valence-electron chi connectivity index (χ2n) is 8.47. The minimum atomic E-state index is -0.303. The number of nitrogens with zero attached hydrogens (tertiary/aromatic N) is 1. The number of nitro benzene ring substituents is 1. The Morgan fingerprint density at radius 2 is 1.84 bits per heavy atom. The Labute approximate surface area is 210 Å². The van der Waals surface area contributed by atoms with Gasteiger partial charge in [0.05, 0.1) is 21.2 Å². The highest BCUT2D eigenvalue weighted by Crippen LogP contribution is 2.58. The van der Waals surface area contributed by atoms with Crippen LogP contribution in [0.5, 0.6) is 0 Å². The van der Waals surface area contributed by atoms with Gasteiger partial charge < -0.3 is 5.32 Å². The highest BCUT2D eigenvalue weighted by Gasteiger charge is 2.50. The lowest BCUT2D eigenvalue weighted by molar-refractivity contribution is -0.387. The van der Waals surface area contributed by atoms with Crippen molar-refractivity contribution in [3.63, 3.8) is 0 Å². The van der Waals surface area contributed by atoms with Gasteiger partial charge in [-0.25, -0.2) is 0 Å². The van der Waals surface area contributed by atoms with Gasteiger partial charge in [-0.05, 0) is 76.7 Å². The molecule has 3 aromatic rings. The van der Waals surface area contributed by atoms with Crippen molar-refractivity contribution < 1.29 is 4.92 Å². The van der Waals surface area contributed by atoms with Crippen molar-refractivity contribution in [3.05, 3.63) is 97.1 Å². The molecule has 32 heavy (non-hydrogen) atoms. The van der Waals surface area contributed by atoms with E-state index in [1.54, 1.807) is 23.9 Å². The quantitative estimate of drug-likeness (QED) is 0.151. The average Bonchev–Trinajstić information content (AvgIpc) is 3.10. The topological polar surface area (TPSA) is 55.2 Å². The van der Waals surface area contributed by atoms with Crippen LogP contribution in [-0.4, -0.2) is 15.6 Å². The number of benzene rings is 3. The number of fused-ring (bicyclic) bond motifs is 3. The van der Waals surface area contributed by atoms with Gasteiger partial charge in [0.1, 0.15) is 0 Å². The van der Waals surface area contributed by atoms with Gasteiger partial charge in [-0.15, -0.1) is 23.4 Å². The summed E-state index contributed by atoms with van der Waals surface area (Å²) < 4.78 is 1.20. The highest BCUT2D eigenvalue weighted by atomic mass is 127. The molecule has 2 aliphatic rings. The molecule has 0 spiro atoms. The average molecular weight is 577 g/mol. The third-order valence-corrected chi connectivity index (χ3v) is 9.32. The molecule has 164 valence electrons. The van der Waals surface area contributed by atoms with Crippen molar-refractivity contribution in [2.24, 2.45) is 5.92 Å². The summed E-state index contributed by atoms with van der Waals surface area (Å²) in [6, 6.07) is 22.1. The second-order valence-corrected chi connectivity index (χ2v) is 11.5. The number of nitrogens with one attached hydrogen (secondary N) is 1. The fraction of sp³-hybridized carbons (Fsp3) is 0.280. The Bertz CT molecular complexity index is 1180. The second kappa shape index (κ2) is 8.88. The minimum Gasteiger partial charge on any atom is -0.377 e. The van der Waals surface area contributed by atoms with Gasteiger partial charge >= 0.3 is 0 Å². The van der Waals surface area contributed by atoms with Crippen LogP contribution in [0.2, 0.25) is 0 Å². The lowest BCUT2D eigenvalue weighted by Crippen LogP contribution is -2.31. The molecule has 1 saturated carbocycles. The van der Waals surface area contributed by atoms with Crippen LogP contribution >= 0.6 is 46.0 Å². The molecule has 1 fully saturated rings. The van der Waals surface area contributed by atoms with Crippen molar-refractivity contribution in [2.75, 3.05) is 5.32 Å². The van der Waals surface area contributed by atoms with E-state index in [-0.39, 0.29) is 33.2 Å². The maximum absolute atomic E-state index is 11.6. The van der Waals surface area contributed by atoms with Crippen molar-refractivity contribution >= 4 is 57.3 Å². The molecule has 5 rings (SSSR count). The number of nitro groups is 1. The van der Waals surface area contributed by atoms with E-state index in [2.05, 4.69) is 71.2 Å². The van der Waals surface area contributed by atoms with E-state index in [0.717, 1.165) is 6.42 Å². The first-order valence-electron chi connectivity index (χ1n) is 10.6. The molecule has 0 saturated heterocycles. The van der Waals surface area contributed by atoms with E-state index in [1.165, 1.54) is 25.9 Å². The van der Waals surface area contributed by atoms with Crippen LogP contribution in [0.25, 0.3) is 0 Å². The molecule has 0 aromatic heterocycles. The van der Waals surface area contributed by atoms with Gasteiger partial charge in [-0.3, -0.25) is 10.1 Å². The third-order valence-electron chi connectivity index (χ3n) is 6.58.